The van der Waals surface area contributed by atoms with Gasteiger partial charge in [-0.05, 0) is 14.1 Å². The van der Waals surface area contributed by atoms with E-state index in [1.54, 1.807) is 0 Å². The number of likely N-dealkylation sites (N-methyl/N-ethyl adjacent to an activating group) is 1. The molecule has 0 bridgehead atoms. The SMILES string of the molecule is CN(C)CCNC(=O)C1CC(F)CN1. The number of rotatable bonds is 4. The summed E-state index contributed by atoms with van der Waals surface area (Å²) < 4.78 is 12.7. The van der Waals surface area contributed by atoms with Crippen molar-refractivity contribution in [1.82, 2.24) is 15.5 Å². The minimum absolute atomic E-state index is 0.0907. The van der Waals surface area contributed by atoms with Gasteiger partial charge < -0.3 is 15.5 Å². The third-order valence-corrected chi connectivity index (χ3v) is 2.25. The van der Waals surface area contributed by atoms with Crippen molar-refractivity contribution in [3.63, 3.8) is 0 Å². The molecule has 5 heteroatoms. The Balaban J connectivity index is 2.15. The Kier molecular flexibility index (Phi) is 4.28. The highest BCUT2D eigenvalue weighted by Crippen LogP contribution is 2.09. The Hall–Kier alpha value is -0.680. The molecule has 1 amide bonds. The molecule has 0 spiro atoms. The predicted molar refractivity (Wildman–Crippen MR) is 52.9 cm³/mol. The maximum absolute atomic E-state index is 12.7. The summed E-state index contributed by atoms with van der Waals surface area (Å²) in [6.45, 7) is 1.71. The largest absolute Gasteiger partial charge is 0.353 e. The topological polar surface area (TPSA) is 44.4 Å². The van der Waals surface area contributed by atoms with Crippen molar-refractivity contribution in [2.24, 2.45) is 0 Å². The molecular weight excluding hydrogens is 185 g/mol. The zero-order valence-corrected chi connectivity index (χ0v) is 8.72. The zero-order valence-electron chi connectivity index (χ0n) is 8.72. The Morgan fingerprint density at radius 1 is 1.64 bits per heavy atom. The predicted octanol–water partition coefficient (Wildman–Crippen LogP) is -0.636. The molecule has 2 N–H and O–H groups in total. The molecule has 14 heavy (non-hydrogen) atoms. The first-order valence-electron chi connectivity index (χ1n) is 4.89. The molecule has 0 radical (unpaired) electrons. The zero-order chi connectivity index (χ0) is 10.6. The summed E-state index contributed by atoms with van der Waals surface area (Å²) in [5.41, 5.74) is 0. The van der Waals surface area contributed by atoms with Crippen LogP contribution < -0.4 is 10.6 Å². The molecular formula is C9H18FN3O. The smallest absolute Gasteiger partial charge is 0.237 e. The van der Waals surface area contributed by atoms with Crippen LogP contribution in [0.15, 0.2) is 0 Å². The molecule has 82 valence electrons. The highest BCUT2D eigenvalue weighted by molar-refractivity contribution is 5.82. The summed E-state index contributed by atoms with van der Waals surface area (Å²) in [7, 11) is 3.88. The molecule has 2 atom stereocenters. The molecule has 0 saturated carbocycles. The molecule has 0 aromatic rings. The van der Waals surface area contributed by atoms with Crippen molar-refractivity contribution in [1.29, 1.82) is 0 Å². The van der Waals surface area contributed by atoms with Gasteiger partial charge in [0.1, 0.15) is 6.17 Å². The molecule has 1 heterocycles. The van der Waals surface area contributed by atoms with Gasteiger partial charge in [0.15, 0.2) is 0 Å². The molecule has 0 aromatic heterocycles. The summed E-state index contributed by atoms with van der Waals surface area (Å²) in [5, 5.41) is 5.61. The van der Waals surface area contributed by atoms with Gasteiger partial charge in [-0.3, -0.25) is 4.79 Å². The van der Waals surface area contributed by atoms with E-state index in [1.807, 2.05) is 19.0 Å². The van der Waals surface area contributed by atoms with Crippen LogP contribution in [0, 0.1) is 0 Å². The number of nitrogens with zero attached hydrogens (tertiary/aromatic N) is 1. The average Bonchev–Trinajstić information content (AvgIpc) is 2.51. The van der Waals surface area contributed by atoms with E-state index in [9.17, 15) is 9.18 Å². The van der Waals surface area contributed by atoms with Crippen molar-refractivity contribution in [3.05, 3.63) is 0 Å². The highest BCUT2D eigenvalue weighted by Gasteiger charge is 2.28. The standard InChI is InChI=1S/C9H18FN3O/c1-13(2)4-3-11-9(14)8-5-7(10)6-12-8/h7-8,12H,3-6H2,1-2H3,(H,11,14). The molecule has 1 saturated heterocycles. The van der Waals surface area contributed by atoms with Gasteiger partial charge in [0.25, 0.3) is 0 Å². The minimum atomic E-state index is -0.875. The van der Waals surface area contributed by atoms with Gasteiger partial charge in [0.2, 0.25) is 5.91 Å². The van der Waals surface area contributed by atoms with Gasteiger partial charge in [-0.1, -0.05) is 0 Å². The van der Waals surface area contributed by atoms with Gasteiger partial charge in [0, 0.05) is 26.1 Å². The van der Waals surface area contributed by atoms with E-state index < -0.39 is 6.17 Å². The van der Waals surface area contributed by atoms with Gasteiger partial charge in [0.05, 0.1) is 6.04 Å². The number of hydrogen-bond acceptors (Lipinski definition) is 3. The van der Waals surface area contributed by atoms with E-state index >= 15 is 0 Å². The second-order valence-corrected chi connectivity index (χ2v) is 3.89. The van der Waals surface area contributed by atoms with Crippen LogP contribution in [0.2, 0.25) is 0 Å². The van der Waals surface area contributed by atoms with Gasteiger partial charge >= 0.3 is 0 Å². The summed E-state index contributed by atoms with van der Waals surface area (Å²) >= 11 is 0. The van der Waals surface area contributed by atoms with E-state index in [-0.39, 0.29) is 11.9 Å². The number of amides is 1. The summed E-state index contributed by atoms with van der Waals surface area (Å²) in [6.07, 6.45) is -0.576. The fourth-order valence-corrected chi connectivity index (χ4v) is 1.42. The number of carbonyl (C=O) groups excluding carboxylic acids is 1. The van der Waals surface area contributed by atoms with E-state index in [1.165, 1.54) is 0 Å². The quantitative estimate of drug-likeness (QED) is 0.639. The Morgan fingerprint density at radius 3 is 2.86 bits per heavy atom. The fraction of sp³-hybridized carbons (Fsp3) is 0.889. The Labute approximate surface area is 83.8 Å². The second kappa shape index (κ2) is 5.26. The summed E-state index contributed by atoms with van der Waals surface area (Å²) in [6, 6.07) is -0.341. The van der Waals surface area contributed by atoms with Crippen LogP contribution in [0.25, 0.3) is 0 Å². The maximum Gasteiger partial charge on any atom is 0.237 e. The lowest BCUT2D eigenvalue weighted by molar-refractivity contribution is -0.122. The number of hydrogen-bond donors (Lipinski definition) is 2. The number of nitrogens with one attached hydrogen (secondary N) is 2. The Morgan fingerprint density at radius 2 is 2.36 bits per heavy atom. The first-order valence-corrected chi connectivity index (χ1v) is 4.89. The molecule has 0 aromatic carbocycles. The van der Waals surface area contributed by atoms with Crippen LogP contribution in [0.5, 0.6) is 0 Å². The molecule has 2 unspecified atom stereocenters. The molecule has 1 aliphatic heterocycles. The molecule has 1 fully saturated rings. The third kappa shape index (κ3) is 3.59. The first-order chi connectivity index (χ1) is 6.59. The number of carbonyl (C=O) groups is 1. The minimum Gasteiger partial charge on any atom is -0.353 e. The maximum atomic E-state index is 12.7. The van der Waals surface area contributed by atoms with Gasteiger partial charge in [-0.25, -0.2) is 4.39 Å². The van der Waals surface area contributed by atoms with Crippen LogP contribution in [0.3, 0.4) is 0 Å². The van der Waals surface area contributed by atoms with Crippen LogP contribution in [0.1, 0.15) is 6.42 Å². The first kappa shape index (κ1) is 11.4. The highest BCUT2D eigenvalue weighted by atomic mass is 19.1. The third-order valence-electron chi connectivity index (χ3n) is 2.25. The summed E-state index contributed by atoms with van der Waals surface area (Å²) in [4.78, 5) is 13.4. The number of halogens is 1. The summed E-state index contributed by atoms with van der Waals surface area (Å²) in [5.74, 6) is -0.0907. The van der Waals surface area contributed by atoms with Crippen molar-refractivity contribution >= 4 is 5.91 Å². The lowest BCUT2D eigenvalue weighted by Crippen LogP contribution is -2.42. The Bertz CT molecular complexity index is 198. The van der Waals surface area contributed by atoms with Gasteiger partial charge in [-0.2, -0.15) is 0 Å². The molecule has 1 aliphatic rings. The van der Waals surface area contributed by atoms with Crippen LogP contribution in [-0.4, -0.2) is 56.8 Å². The normalized spacial score (nSPS) is 26.9. The monoisotopic (exact) mass is 203 g/mol. The molecule has 4 nitrogen and oxygen atoms in total. The van der Waals surface area contributed by atoms with E-state index in [2.05, 4.69) is 10.6 Å². The van der Waals surface area contributed by atoms with Crippen molar-refractivity contribution in [2.45, 2.75) is 18.6 Å². The lowest BCUT2D eigenvalue weighted by atomic mass is 10.2. The van der Waals surface area contributed by atoms with Gasteiger partial charge in [-0.15, -0.1) is 0 Å². The van der Waals surface area contributed by atoms with E-state index in [0.717, 1.165) is 6.54 Å². The average molecular weight is 203 g/mol. The van der Waals surface area contributed by atoms with Crippen molar-refractivity contribution < 1.29 is 9.18 Å². The number of alkyl halides is 1. The lowest BCUT2D eigenvalue weighted by Gasteiger charge is -2.13. The van der Waals surface area contributed by atoms with Crippen LogP contribution >= 0.6 is 0 Å². The van der Waals surface area contributed by atoms with Crippen LogP contribution in [0.4, 0.5) is 4.39 Å². The van der Waals surface area contributed by atoms with E-state index in [4.69, 9.17) is 0 Å². The second-order valence-electron chi connectivity index (χ2n) is 3.89. The fourth-order valence-electron chi connectivity index (χ4n) is 1.42. The van der Waals surface area contributed by atoms with Crippen molar-refractivity contribution in [2.75, 3.05) is 33.7 Å². The van der Waals surface area contributed by atoms with Crippen molar-refractivity contribution in [3.8, 4) is 0 Å². The molecule has 1 rings (SSSR count). The molecule has 0 aliphatic carbocycles. The van der Waals surface area contributed by atoms with Crippen LogP contribution in [-0.2, 0) is 4.79 Å². The van der Waals surface area contributed by atoms with E-state index in [0.29, 0.717) is 19.5 Å².